The van der Waals surface area contributed by atoms with Crippen molar-refractivity contribution in [2.75, 3.05) is 6.54 Å². The van der Waals surface area contributed by atoms with Gasteiger partial charge in [-0.3, -0.25) is 9.59 Å². The van der Waals surface area contributed by atoms with Crippen LogP contribution in [0.1, 0.15) is 85.5 Å². The highest BCUT2D eigenvalue weighted by Crippen LogP contribution is 2.68. The van der Waals surface area contributed by atoms with Gasteiger partial charge in [0.05, 0.1) is 5.60 Å². The van der Waals surface area contributed by atoms with Crippen LogP contribution in [0.15, 0.2) is 0 Å². The third-order valence-corrected chi connectivity index (χ3v) is 9.90. The fourth-order valence-corrected chi connectivity index (χ4v) is 8.23. The summed E-state index contributed by atoms with van der Waals surface area (Å²) in [5.74, 6) is 2.36. The predicted molar refractivity (Wildman–Crippen MR) is 111 cm³/mol. The number of hydrogen-bond donors (Lipinski definition) is 2. The Kier molecular flexibility index (Phi) is 5.28. The Balaban J connectivity index is 1.51. The van der Waals surface area contributed by atoms with E-state index in [9.17, 15) is 14.7 Å². The summed E-state index contributed by atoms with van der Waals surface area (Å²) in [6, 6.07) is 0. The van der Waals surface area contributed by atoms with Gasteiger partial charge < -0.3 is 15.2 Å². The van der Waals surface area contributed by atoms with E-state index in [0.717, 1.165) is 38.5 Å². The Hall–Kier alpha value is -1.10. The van der Waals surface area contributed by atoms with Gasteiger partial charge >= 0.3 is 5.97 Å². The molecule has 29 heavy (non-hydrogen) atoms. The van der Waals surface area contributed by atoms with Crippen molar-refractivity contribution in [1.29, 1.82) is 0 Å². The monoisotopic (exact) mass is 405 g/mol. The molecule has 5 heteroatoms. The smallest absolute Gasteiger partial charge is 0.302 e. The molecule has 4 aliphatic carbocycles. The molecule has 5 nitrogen and oxygen atoms in total. The Labute approximate surface area is 175 Å². The van der Waals surface area contributed by atoms with E-state index in [0.29, 0.717) is 35.6 Å². The van der Waals surface area contributed by atoms with E-state index < -0.39 is 5.60 Å². The minimum Gasteiger partial charge on any atom is -0.463 e. The van der Waals surface area contributed by atoms with E-state index in [1.54, 1.807) is 0 Å². The Morgan fingerprint density at radius 1 is 1.00 bits per heavy atom. The number of nitrogens with one attached hydrogen (secondary N) is 1. The summed E-state index contributed by atoms with van der Waals surface area (Å²) < 4.78 is 5.57. The van der Waals surface area contributed by atoms with Crippen LogP contribution in [-0.4, -0.2) is 35.2 Å². The number of hydrogen-bond acceptors (Lipinski definition) is 4. The zero-order chi connectivity index (χ0) is 21.0. The van der Waals surface area contributed by atoms with Gasteiger partial charge in [-0.2, -0.15) is 0 Å². The second-order valence-corrected chi connectivity index (χ2v) is 11.1. The summed E-state index contributed by atoms with van der Waals surface area (Å²) in [5.41, 5.74) is -0.549. The Morgan fingerprint density at radius 3 is 2.41 bits per heavy atom. The SMILES string of the molecule is CC(=O)NC[C@@]1(O)CC[C@H]2[C@@H]3CC[C@@H]4C[C@H](OC(C)=O)CC[C@]4(C)[C@H]3CC[C@@]21C. The molecule has 1 amide bonds. The number of amides is 1. The lowest BCUT2D eigenvalue weighted by molar-refractivity contribution is -0.169. The first-order valence-corrected chi connectivity index (χ1v) is 11.7. The maximum Gasteiger partial charge on any atom is 0.302 e. The van der Waals surface area contributed by atoms with Crippen LogP contribution < -0.4 is 5.32 Å². The van der Waals surface area contributed by atoms with Crippen molar-refractivity contribution < 1.29 is 19.4 Å². The van der Waals surface area contributed by atoms with Crippen LogP contribution in [0, 0.1) is 34.5 Å². The number of esters is 1. The van der Waals surface area contributed by atoms with Crippen molar-refractivity contribution in [3.63, 3.8) is 0 Å². The normalized spacial score (nSPS) is 48.8. The molecule has 4 saturated carbocycles. The fourth-order valence-electron chi connectivity index (χ4n) is 8.23. The first-order valence-electron chi connectivity index (χ1n) is 11.7. The van der Waals surface area contributed by atoms with E-state index >= 15 is 0 Å². The van der Waals surface area contributed by atoms with Crippen molar-refractivity contribution >= 4 is 11.9 Å². The van der Waals surface area contributed by atoms with Gasteiger partial charge in [-0.15, -0.1) is 0 Å². The molecule has 4 rings (SSSR count). The Morgan fingerprint density at radius 2 is 1.72 bits per heavy atom. The van der Waals surface area contributed by atoms with Gasteiger partial charge in [0.25, 0.3) is 0 Å². The van der Waals surface area contributed by atoms with Gasteiger partial charge in [0.2, 0.25) is 5.91 Å². The zero-order valence-electron chi connectivity index (χ0n) is 18.6. The molecule has 0 aromatic heterocycles. The van der Waals surface area contributed by atoms with Crippen LogP contribution in [0.4, 0.5) is 0 Å². The van der Waals surface area contributed by atoms with Crippen LogP contribution in [0.2, 0.25) is 0 Å². The first kappa shape index (κ1) is 21.1. The fraction of sp³-hybridized carbons (Fsp3) is 0.917. The largest absolute Gasteiger partial charge is 0.463 e. The lowest BCUT2D eigenvalue weighted by Crippen LogP contribution is -2.59. The van der Waals surface area contributed by atoms with Gasteiger partial charge in [0.1, 0.15) is 6.10 Å². The van der Waals surface area contributed by atoms with Crippen molar-refractivity contribution in [3.8, 4) is 0 Å². The molecule has 0 heterocycles. The molecule has 164 valence electrons. The molecule has 0 saturated heterocycles. The molecule has 4 aliphatic rings. The summed E-state index contributed by atoms with van der Waals surface area (Å²) in [5, 5.41) is 14.4. The van der Waals surface area contributed by atoms with E-state index in [4.69, 9.17) is 4.74 Å². The van der Waals surface area contributed by atoms with Gasteiger partial charge in [-0.25, -0.2) is 0 Å². The lowest BCUT2D eigenvalue weighted by Gasteiger charge is -2.61. The average Bonchev–Trinajstić information content (AvgIpc) is 2.92. The summed E-state index contributed by atoms with van der Waals surface area (Å²) in [7, 11) is 0. The van der Waals surface area contributed by atoms with Gasteiger partial charge in [-0.1, -0.05) is 13.8 Å². The van der Waals surface area contributed by atoms with Gasteiger partial charge in [-0.05, 0) is 86.9 Å². The quantitative estimate of drug-likeness (QED) is 0.700. The van der Waals surface area contributed by atoms with E-state index in [1.807, 2.05) is 0 Å². The van der Waals surface area contributed by atoms with Crippen LogP contribution in [0.5, 0.6) is 0 Å². The highest BCUT2D eigenvalue weighted by molar-refractivity contribution is 5.72. The molecule has 0 aromatic rings. The second-order valence-electron chi connectivity index (χ2n) is 11.1. The second kappa shape index (κ2) is 7.25. The molecule has 0 radical (unpaired) electrons. The zero-order valence-corrected chi connectivity index (χ0v) is 18.6. The first-order chi connectivity index (χ1) is 13.6. The van der Waals surface area contributed by atoms with E-state index in [2.05, 4.69) is 19.2 Å². The molecule has 0 aliphatic heterocycles. The summed E-state index contributed by atoms with van der Waals surface area (Å²) in [4.78, 5) is 22.9. The van der Waals surface area contributed by atoms with Crippen LogP contribution in [-0.2, 0) is 14.3 Å². The minimum atomic E-state index is -0.779. The van der Waals surface area contributed by atoms with E-state index in [1.165, 1.54) is 33.1 Å². The molecule has 8 atom stereocenters. The molecule has 2 N–H and O–H groups in total. The van der Waals surface area contributed by atoms with Gasteiger partial charge in [0, 0.05) is 25.8 Å². The summed E-state index contributed by atoms with van der Waals surface area (Å²) in [6.45, 7) is 8.23. The third kappa shape index (κ3) is 3.32. The molecule has 0 bridgehead atoms. The topological polar surface area (TPSA) is 75.6 Å². The number of ether oxygens (including phenoxy) is 1. The Bertz CT molecular complexity index is 680. The maximum absolute atomic E-state index is 11.5. The highest BCUT2D eigenvalue weighted by atomic mass is 16.5. The predicted octanol–water partition coefficient (Wildman–Crippen LogP) is 3.83. The number of fused-ring (bicyclic) bond motifs is 5. The van der Waals surface area contributed by atoms with Crippen LogP contribution in [0.3, 0.4) is 0 Å². The van der Waals surface area contributed by atoms with Crippen molar-refractivity contribution in [1.82, 2.24) is 5.32 Å². The molecule has 0 spiro atoms. The average molecular weight is 406 g/mol. The summed E-state index contributed by atoms with van der Waals surface area (Å²) >= 11 is 0. The minimum absolute atomic E-state index is 0.0586. The number of carbonyl (C=O) groups excluding carboxylic acids is 2. The molecule has 0 aromatic carbocycles. The number of carbonyl (C=O) groups is 2. The van der Waals surface area contributed by atoms with Gasteiger partial charge in [0.15, 0.2) is 0 Å². The summed E-state index contributed by atoms with van der Waals surface area (Å²) in [6.07, 6.45) is 9.80. The van der Waals surface area contributed by atoms with Crippen LogP contribution >= 0.6 is 0 Å². The maximum atomic E-state index is 11.5. The van der Waals surface area contributed by atoms with Crippen molar-refractivity contribution in [3.05, 3.63) is 0 Å². The lowest BCUT2D eigenvalue weighted by atomic mass is 9.44. The van der Waals surface area contributed by atoms with Crippen LogP contribution in [0.25, 0.3) is 0 Å². The molecule has 4 fully saturated rings. The molecule has 0 unspecified atom stereocenters. The van der Waals surface area contributed by atoms with Crippen molar-refractivity contribution in [2.45, 2.75) is 97.2 Å². The molecular weight excluding hydrogens is 366 g/mol. The van der Waals surface area contributed by atoms with Crippen molar-refractivity contribution in [2.24, 2.45) is 34.5 Å². The third-order valence-electron chi connectivity index (χ3n) is 9.90. The highest BCUT2D eigenvalue weighted by Gasteiger charge is 2.64. The number of rotatable bonds is 3. The standard InChI is InChI=1S/C24H39NO4/c1-15(26)25-14-24(28)12-9-21-19-6-5-17-13-18(29-16(2)27)7-10-22(17,3)20(19)8-11-23(21,24)4/h17-21,28H,5-14H2,1-4H3,(H,25,26)/t17-,18-,19-,20+,21+,22+,23+,24+/m1/s1. The van der Waals surface area contributed by atoms with E-state index in [-0.39, 0.29) is 23.4 Å². The number of aliphatic hydroxyl groups is 1. The molecular formula is C24H39NO4.